The maximum absolute atomic E-state index is 11.3. The molecule has 0 bridgehead atoms. The van der Waals surface area contributed by atoms with E-state index in [1.807, 2.05) is 25.2 Å². The van der Waals surface area contributed by atoms with Crippen LogP contribution in [0.25, 0.3) is 0 Å². The van der Waals surface area contributed by atoms with Gasteiger partial charge in [-0.25, -0.2) is 0 Å². The molecule has 2 rings (SSSR count). The van der Waals surface area contributed by atoms with Crippen LogP contribution >= 0.6 is 0 Å². The number of hydrogen-bond donors (Lipinski definition) is 0. The van der Waals surface area contributed by atoms with E-state index in [0.29, 0.717) is 6.42 Å². The first-order valence-electron chi connectivity index (χ1n) is 4.06. The summed E-state index contributed by atoms with van der Waals surface area (Å²) in [5.41, 5.74) is 3.38. The Kier molecular flexibility index (Phi) is 1.58. The third-order valence-corrected chi connectivity index (χ3v) is 2.08. The fraction of sp³-hybridized carbons (Fsp3) is 0.182. The smallest absolute Gasteiger partial charge is 0.160 e. The van der Waals surface area contributed by atoms with E-state index >= 15 is 0 Å². The maximum Gasteiger partial charge on any atom is 0.160 e. The molecule has 0 saturated carbocycles. The molecule has 1 nitrogen and oxygen atoms in total. The van der Waals surface area contributed by atoms with Gasteiger partial charge < -0.3 is 0 Å². The summed E-state index contributed by atoms with van der Waals surface area (Å²) in [6, 6.07) is 0. The van der Waals surface area contributed by atoms with Crippen LogP contribution in [0.15, 0.2) is 47.1 Å². The summed E-state index contributed by atoms with van der Waals surface area (Å²) in [6.45, 7) is 1.96. The standard InChI is InChI=1S/C11H10O/c1-8-5-9-3-2-4-10(9)7-11(12)6-8/h2-6H,7H2,1H3. The Morgan fingerprint density at radius 2 is 2.17 bits per heavy atom. The van der Waals surface area contributed by atoms with Gasteiger partial charge >= 0.3 is 0 Å². The topological polar surface area (TPSA) is 17.1 Å². The van der Waals surface area contributed by atoms with Crippen LogP contribution in [0.2, 0.25) is 0 Å². The minimum atomic E-state index is 0.203. The molecule has 0 aromatic rings. The van der Waals surface area contributed by atoms with Crippen molar-refractivity contribution in [2.45, 2.75) is 13.3 Å². The molecule has 0 aromatic carbocycles. The molecule has 2 aliphatic rings. The van der Waals surface area contributed by atoms with Crippen molar-refractivity contribution in [1.82, 2.24) is 0 Å². The van der Waals surface area contributed by atoms with Gasteiger partial charge in [-0.05, 0) is 29.7 Å². The third kappa shape index (κ3) is 1.18. The molecule has 2 aliphatic carbocycles. The van der Waals surface area contributed by atoms with E-state index in [9.17, 15) is 4.79 Å². The number of ketones is 1. The molecule has 0 amide bonds. The van der Waals surface area contributed by atoms with Crippen molar-refractivity contribution >= 4 is 5.78 Å². The quantitative estimate of drug-likeness (QED) is 0.528. The second kappa shape index (κ2) is 2.59. The Balaban J connectivity index is 2.45. The van der Waals surface area contributed by atoms with Gasteiger partial charge in [-0.2, -0.15) is 0 Å². The highest BCUT2D eigenvalue weighted by atomic mass is 16.1. The van der Waals surface area contributed by atoms with E-state index in [2.05, 4.69) is 6.08 Å². The van der Waals surface area contributed by atoms with Gasteiger partial charge in [-0.15, -0.1) is 0 Å². The zero-order valence-electron chi connectivity index (χ0n) is 7.00. The first-order chi connectivity index (χ1) is 5.75. The zero-order chi connectivity index (χ0) is 8.55. The predicted octanol–water partition coefficient (Wildman–Crippen LogP) is 2.33. The maximum atomic E-state index is 11.3. The van der Waals surface area contributed by atoms with Crippen LogP contribution < -0.4 is 0 Å². The van der Waals surface area contributed by atoms with Crippen LogP contribution in [0.5, 0.6) is 0 Å². The van der Waals surface area contributed by atoms with E-state index in [1.54, 1.807) is 6.08 Å². The molecule has 0 aromatic heterocycles. The van der Waals surface area contributed by atoms with Crippen molar-refractivity contribution in [3.63, 3.8) is 0 Å². The van der Waals surface area contributed by atoms with Crippen molar-refractivity contribution in [3.8, 4) is 0 Å². The lowest BCUT2D eigenvalue weighted by molar-refractivity contribution is -0.113. The minimum Gasteiger partial charge on any atom is -0.294 e. The predicted molar refractivity (Wildman–Crippen MR) is 48.7 cm³/mol. The van der Waals surface area contributed by atoms with E-state index < -0.39 is 0 Å². The molecule has 0 saturated heterocycles. The highest BCUT2D eigenvalue weighted by Crippen LogP contribution is 2.25. The molecule has 1 heteroatoms. The molecule has 12 heavy (non-hydrogen) atoms. The SMILES string of the molecule is CC1=CC(=O)CC2=CC=CC2=C1. The summed E-state index contributed by atoms with van der Waals surface area (Å²) in [6.07, 6.45) is 10.4. The van der Waals surface area contributed by atoms with Gasteiger partial charge in [0.1, 0.15) is 0 Å². The van der Waals surface area contributed by atoms with Crippen LogP contribution in [0.3, 0.4) is 0 Å². The van der Waals surface area contributed by atoms with Gasteiger partial charge in [0.2, 0.25) is 0 Å². The molecule has 0 N–H and O–H groups in total. The molecule has 60 valence electrons. The largest absolute Gasteiger partial charge is 0.294 e. The van der Waals surface area contributed by atoms with Crippen LogP contribution in [0.4, 0.5) is 0 Å². The molecule has 0 atom stereocenters. The molecule has 0 aliphatic heterocycles. The van der Waals surface area contributed by atoms with Crippen LogP contribution in [0.1, 0.15) is 13.3 Å². The summed E-state index contributed by atoms with van der Waals surface area (Å²) >= 11 is 0. The second-order valence-electron chi connectivity index (χ2n) is 3.18. The Morgan fingerprint density at radius 3 is 3.00 bits per heavy atom. The molecule has 0 fully saturated rings. The Morgan fingerprint density at radius 1 is 1.33 bits per heavy atom. The Hall–Kier alpha value is -1.37. The minimum absolute atomic E-state index is 0.203. The fourth-order valence-corrected chi connectivity index (χ4v) is 1.55. The van der Waals surface area contributed by atoms with Crippen LogP contribution in [-0.2, 0) is 4.79 Å². The van der Waals surface area contributed by atoms with Crippen LogP contribution in [-0.4, -0.2) is 5.78 Å². The molecular weight excluding hydrogens is 148 g/mol. The van der Waals surface area contributed by atoms with Gasteiger partial charge in [-0.1, -0.05) is 24.3 Å². The normalized spacial score (nSPS) is 21.1. The number of fused-ring (bicyclic) bond motifs is 1. The van der Waals surface area contributed by atoms with Crippen molar-refractivity contribution in [1.29, 1.82) is 0 Å². The summed E-state index contributed by atoms with van der Waals surface area (Å²) in [5.74, 6) is 0.203. The van der Waals surface area contributed by atoms with E-state index in [0.717, 1.165) is 11.1 Å². The number of carbonyl (C=O) groups excluding carboxylic acids is 1. The number of allylic oxidation sites excluding steroid dienone is 8. The van der Waals surface area contributed by atoms with Gasteiger partial charge in [-0.3, -0.25) is 4.79 Å². The summed E-state index contributed by atoms with van der Waals surface area (Å²) in [5, 5.41) is 0. The molecule has 0 radical (unpaired) electrons. The second-order valence-corrected chi connectivity index (χ2v) is 3.18. The lowest BCUT2D eigenvalue weighted by Gasteiger charge is -1.97. The number of carbonyl (C=O) groups is 1. The van der Waals surface area contributed by atoms with Crippen LogP contribution in [0, 0.1) is 0 Å². The van der Waals surface area contributed by atoms with Crippen molar-refractivity contribution < 1.29 is 4.79 Å². The summed E-state index contributed by atoms with van der Waals surface area (Å²) in [4.78, 5) is 11.3. The lowest BCUT2D eigenvalue weighted by Crippen LogP contribution is -1.93. The average Bonchev–Trinajstić information content (AvgIpc) is 2.31. The first kappa shape index (κ1) is 7.29. The highest BCUT2D eigenvalue weighted by molar-refractivity contribution is 5.94. The average molecular weight is 158 g/mol. The molecule has 0 unspecified atom stereocenters. The fourth-order valence-electron chi connectivity index (χ4n) is 1.55. The molecule has 0 heterocycles. The van der Waals surface area contributed by atoms with E-state index in [-0.39, 0.29) is 5.78 Å². The van der Waals surface area contributed by atoms with Crippen molar-refractivity contribution in [2.24, 2.45) is 0 Å². The molecule has 0 spiro atoms. The molecular formula is C11H10O. The summed E-state index contributed by atoms with van der Waals surface area (Å²) < 4.78 is 0. The highest BCUT2D eigenvalue weighted by Gasteiger charge is 2.13. The van der Waals surface area contributed by atoms with E-state index in [1.165, 1.54) is 5.57 Å². The third-order valence-electron chi connectivity index (χ3n) is 2.08. The van der Waals surface area contributed by atoms with Crippen molar-refractivity contribution in [3.05, 3.63) is 47.1 Å². The lowest BCUT2D eigenvalue weighted by atomic mass is 10.1. The Bertz CT molecular complexity index is 351. The van der Waals surface area contributed by atoms with E-state index in [4.69, 9.17) is 0 Å². The van der Waals surface area contributed by atoms with Crippen molar-refractivity contribution in [2.75, 3.05) is 0 Å². The van der Waals surface area contributed by atoms with Gasteiger partial charge in [0.15, 0.2) is 5.78 Å². The number of rotatable bonds is 0. The Labute approximate surface area is 71.8 Å². The van der Waals surface area contributed by atoms with Gasteiger partial charge in [0.25, 0.3) is 0 Å². The zero-order valence-corrected chi connectivity index (χ0v) is 7.00. The first-order valence-corrected chi connectivity index (χ1v) is 4.06. The number of hydrogen-bond acceptors (Lipinski definition) is 1. The summed E-state index contributed by atoms with van der Waals surface area (Å²) in [7, 11) is 0. The van der Waals surface area contributed by atoms with Gasteiger partial charge in [0.05, 0.1) is 0 Å². The van der Waals surface area contributed by atoms with Gasteiger partial charge in [0, 0.05) is 6.42 Å². The monoisotopic (exact) mass is 158 g/mol.